The number of benzene rings is 1. The zero-order valence-corrected chi connectivity index (χ0v) is 11.6. The number of hydrogen-bond donors (Lipinski definition) is 1. The van der Waals surface area contributed by atoms with E-state index in [1.54, 1.807) is 0 Å². The van der Waals surface area contributed by atoms with E-state index in [2.05, 4.69) is 42.6 Å². The molecule has 0 aromatic heterocycles. The first-order chi connectivity index (χ1) is 7.84. The van der Waals surface area contributed by atoms with Crippen molar-refractivity contribution in [1.29, 1.82) is 0 Å². The Morgan fingerprint density at radius 2 is 1.94 bits per heavy atom. The van der Waals surface area contributed by atoms with Crippen LogP contribution in [0.2, 0.25) is 0 Å². The van der Waals surface area contributed by atoms with Crippen LogP contribution >= 0.6 is 12.4 Å². The van der Waals surface area contributed by atoms with Crippen molar-refractivity contribution in [3.05, 3.63) is 35.9 Å². The van der Waals surface area contributed by atoms with E-state index in [-0.39, 0.29) is 12.4 Å². The van der Waals surface area contributed by atoms with Gasteiger partial charge >= 0.3 is 0 Å². The van der Waals surface area contributed by atoms with Crippen molar-refractivity contribution < 1.29 is 4.74 Å². The molecule has 3 heteroatoms. The minimum atomic E-state index is 0. The molecule has 0 saturated heterocycles. The molecule has 17 heavy (non-hydrogen) atoms. The predicted molar refractivity (Wildman–Crippen MR) is 76.1 cm³/mol. The average molecular weight is 258 g/mol. The average Bonchev–Trinajstić information content (AvgIpc) is 2.34. The van der Waals surface area contributed by atoms with Crippen LogP contribution in [0.5, 0.6) is 0 Å². The Morgan fingerprint density at radius 1 is 1.24 bits per heavy atom. The van der Waals surface area contributed by atoms with Gasteiger partial charge in [-0.3, -0.25) is 0 Å². The maximum absolute atomic E-state index is 5.29. The summed E-state index contributed by atoms with van der Waals surface area (Å²) in [5.41, 5.74) is 1.40. The second-order valence-corrected chi connectivity index (χ2v) is 4.07. The summed E-state index contributed by atoms with van der Waals surface area (Å²) in [6.07, 6.45) is 1.09. The quantitative estimate of drug-likeness (QED) is 0.722. The zero-order valence-electron chi connectivity index (χ0n) is 10.8. The molecule has 1 atom stereocenters. The molecule has 0 bridgehead atoms. The Labute approximate surface area is 111 Å². The van der Waals surface area contributed by atoms with Crippen molar-refractivity contribution in [2.75, 3.05) is 26.3 Å². The highest BCUT2D eigenvalue weighted by Gasteiger charge is 2.03. The maximum atomic E-state index is 5.29. The van der Waals surface area contributed by atoms with Gasteiger partial charge in [-0.15, -0.1) is 12.4 Å². The van der Waals surface area contributed by atoms with E-state index in [0.717, 1.165) is 32.7 Å². The summed E-state index contributed by atoms with van der Waals surface area (Å²) in [7, 11) is 0. The van der Waals surface area contributed by atoms with Crippen LogP contribution in [0.4, 0.5) is 0 Å². The molecule has 0 heterocycles. The van der Waals surface area contributed by atoms with E-state index in [4.69, 9.17) is 4.74 Å². The zero-order chi connectivity index (χ0) is 11.6. The van der Waals surface area contributed by atoms with E-state index in [9.17, 15) is 0 Å². The molecule has 0 fully saturated rings. The first kappa shape index (κ1) is 16.4. The second-order valence-electron chi connectivity index (χ2n) is 4.07. The fourth-order valence-corrected chi connectivity index (χ4v) is 1.66. The Bertz CT molecular complexity index is 266. The van der Waals surface area contributed by atoms with Gasteiger partial charge in [0.2, 0.25) is 0 Å². The third kappa shape index (κ3) is 7.37. The lowest BCUT2D eigenvalue weighted by Crippen LogP contribution is -2.22. The largest absolute Gasteiger partial charge is 0.382 e. The first-order valence-corrected chi connectivity index (χ1v) is 6.18. The van der Waals surface area contributed by atoms with Crippen LogP contribution in [0, 0.1) is 0 Å². The van der Waals surface area contributed by atoms with Gasteiger partial charge in [0.25, 0.3) is 0 Å². The fourth-order valence-electron chi connectivity index (χ4n) is 1.66. The van der Waals surface area contributed by atoms with Gasteiger partial charge in [0.15, 0.2) is 0 Å². The Morgan fingerprint density at radius 3 is 2.59 bits per heavy atom. The van der Waals surface area contributed by atoms with Crippen LogP contribution in [0.3, 0.4) is 0 Å². The molecule has 1 aromatic carbocycles. The van der Waals surface area contributed by atoms with Gasteiger partial charge in [-0.2, -0.15) is 0 Å². The first-order valence-electron chi connectivity index (χ1n) is 6.18. The van der Waals surface area contributed by atoms with Crippen LogP contribution in [-0.2, 0) is 4.74 Å². The molecule has 1 unspecified atom stereocenters. The van der Waals surface area contributed by atoms with Gasteiger partial charge in [-0.05, 0) is 31.4 Å². The van der Waals surface area contributed by atoms with Crippen LogP contribution in [0.15, 0.2) is 30.3 Å². The third-order valence-corrected chi connectivity index (χ3v) is 2.67. The van der Waals surface area contributed by atoms with Crippen LogP contribution < -0.4 is 5.32 Å². The topological polar surface area (TPSA) is 21.3 Å². The molecule has 2 nitrogen and oxygen atoms in total. The van der Waals surface area contributed by atoms with Crippen LogP contribution in [-0.4, -0.2) is 26.3 Å². The van der Waals surface area contributed by atoms with Crippen molar-refractivity contribution in [3.8, 4) is 0 Å². The minimum absolute atomic E-state index is 0. The summed E-state index contributed by atoms with van der Waals surface area (Å²) >= 11 is 0. The van der Waals surface area contributed by atoms with Crippen molar-refractivity contribution >= 4 is 12.4 Å². The van der Waals surface area contributed by atoms with Crippen molar-refractivity contribution in [1.82, 2.24) is 5.32 Å². The summed E-state index contributed by atoms with van der Waals surface area (Å²) in [5.74, 6) is 0.577. The smallest absolute Gasteiger partial charge is 0.0477 e. The molecule has 0 aliphatic carbocycles. The molecule has 98 valence electrons. The van der Waals surface area contributed by atoms with Gasteiger partial charge in [0.05, 0.1) is 0 Å². The Hall–Kier alpha value is -0.570. The molecule has 0 spiro atoms. The molecular formula is C14H24ClNO. The number of hydrogen-bond acceptors (Lipinski definition) is 2. The standard InChI is InChI=1S/C14H23NO.ClH/c1-3-16-11-7-10-15-12-13(2)14-8-5-4-6-9-14;/h4-6,8-9,13,15H,3,7,10-12H2,1-2H3;1H. The van der Waals surface area contributed by atoms with E-state index in [1.165, 1.54) is 5.56 Å². The maximum Gasteiger partial charge on any atom is 0.0477 e. The van der Waals surface area contributed by atoms with Gasteiger partial charge in [0, 0.05) is 19.8 Å². The SMILES string of the molecule is CCOCCCNCC(C)c1ccccc1.Cl. The molecule has 1 aromatic rings. The van der Waals surface area contributed by atoms with Gasteiger partial charge in [0.1, 0.15) is 0 Å². The minimum Gasteiger partial charge on any atom is -0.382 e. The molecule has 1 rings (SSSR count). The van der Waals surface area contributed by atoms with E-state index < -0.39 is 0 Å². The predicted octanol–water partition coefficient (Wildman–Crippen LogP) is 3.23. The van der Waals surface area contributed by atoms with E-state index >= 15 is 0 Å². The summed E-state index contributed by atoms with van der Waals surface area (Å²) in [4.78, 5) is 0. The van der Waals surface area contributed by atoms with Crippen LogP contribution in [0.25, 0.3) is 0 Å². The summed E-state index contributed by atoms with van der Waals surface area (Å²) in [6, 6.07) is 10.6. The van der Waals surface area contributed by atoms with Gasteiger partial charge in [-0.25, -0.2) is 0 Å². The van der Waals surface area contributed by atoms with Gasteiger partial charge in [-0.1, -0.05) is 37.3 Å². The molecule has 1 N–H and O–H groups in total. The number of halogens is 1. The Kier molecular flexibility index (Phi) is 10.2. The molecule has 0 aliphatic rings. The van der Waals surface area contributed by atoms with E-state index in [0.29, 0.717) is 5.92 Å². The molecule has 0 amide bonds. The second kappa shape index (κ2) is 10.6. The summed E-state index contributed by atoms with van der Waals surface area (Å²) in [6.45, 7) is 8.05. The van der Waals surface area contributed by atoms with Crippen molar-refractivity contribution in [2.24, 2.45) is 0 Å². The fraction of sp³-hybridized carbons (Fsp3) is 0.571. The third-order valence-electron chi connectivity index (χ3n) is 2.67. The summed E-state index contributed by atoms with van der Waals surface area (Å²) < 4.78 is 5.29. The molecule has 0 radical (unpaired) electrons. The highest BCUT2D eigenvalue weighted by atomic mass is 35.5. The lowest BCUT2D eigenvalue weighted by molar-refractivity contribution is 0.144. The molecule has 0 saturated carbocycles. The van der Waals surface area contributed by atoms with Crippen molar-refractivity contribution in [2.45, 2.75) is 26.2 Å². The lowest BCUT2D eigenvalue weighted by Gasteiger charge is -2.12. The number of nitrogens with one attached hydrogen (secondary N) is 1. The molecule has 0 aliphatic heterocycles. The van der Waals surface area contributed by atoms with Crippen LogP contribution in [0.1, 0.15) is 31.7 Å². The van der Waals surface area contributed by atoms with E-state index in [1.807, 2.05) is 6.92 Å². The normalized spacial score (nSPS) is 11.9. The lowest BCUT2D eigenvalue weighted by atomic mass is 10.0. The van der Waals surface area contributed by atoms with Gasteiger partial charge < -0.3 is 10.1 Å². The number of rotatable bonds is 8. The highest BCUT2D eigenvalue weighted by molar-refractivity contribution is 5.85. The number of ether oxygens (including phenoxy) is 1. The Balaban J connectivity index is 0.00000256. The monoisotopic (exact) mass is 257 g/mol. The van der Waals surface area contributed by atoms with Crippen molar-refractivity contribution in [3.63, 3.8) is 0 Å². The highest BCUT2D eigenvalue weighted by Crippen LogP contribution is 2.12. The molecular weight excluding hydrogens is 234 g/mol. The summed E-state index contributed by atoms with van der Waals surface area (Å²) in [5, 5.41) is 3.46.